The molecule has 0 aliphatic heterocycles. The predicted octanol–water partition coefficient (Wildman–Crippen LogP) is 0.764. The number of hydrogen-bond acceptors (Lipinski definition) is 5. The number of aromatic nitrogens is 2. The van der Waals surface area contributed by atoms with Gasteiger partial charge < -0.3 is 19.9 Å². The number of likely N-dealkylation sites (N-methyl/N-ethyl adjacent to an activating group) is 1. The zero-order chi connectivity index (χ0) is 13.9. The minimum absolute atomic E-state index is 0.209. The van der Waals surface area contributed by atoms with Crippen molar-refractivity contribution < 1.29 is 9.53 Å². The van der Waals surface area contributed by atoms with Gasteiger partial charge in [0.25, 0.3) is 0 Å². The number of anilines is 1. The number of imidazole rings is 1. The Balaban J connectivity index is 3.10. The fraction of sp³-hybridized carbons (Fsp3) is 0.667. The summed E-state index contributed by atoms with van der Waals surface area (Å²) in [7, 11) is 5.34. The quantitative estimate of drug-likeness (QED) is 0.785. The van der Waals surface area contributed by atoms with Crippen LogP contribution in [0.15, 0.2) is 0 Å². The SMILES string of the molecule is CCc1nc(C(=O)OC)c(N)n1CC(C)N(C)C. The zero-order valence-corrected chi connectivity index (χ0v) is 11.7. The summed E-state index contributed by atoms with van der Waals surface area (Å²) in [5, 5.41) is 0. The first-order chi connectivity index (χ1) is 8.42. The Hall–Kier alpha value is -1.56. The highest BCUT2D eigenvalue weighted by Crippen LogP contribution is 2.17. The van der Waals surface area contributed by atoms with E-state index in [1.165, 1.54) is 7.11 Å². The van der Waals surface area contributed by atoms with Gasteiger partial charge in [0.05, 0.1) is 7.11 Å². The van der Waals surface area contributed by atoms with Crippen LogP contribution in [-0.2, 0) is 17.7 Å². The van der Waals surface area contributed by atoms with Crippen LogP contribution in [0.2, 0.25) is 0 Å². The molecule has 0 spiro atoms. The van der Waals surface area contributed by atoms with Crippen molar-refractivity contribution in [1.29, 1.82) is 0 Å². The minimum atomic E-state index is -0.488. The predicted molar refractivity (Wildman–Crippen MR) is 70.5 cm³/mol. The third kappa shape index (κ3) is 2.81. The summed E-state index contributed by atoms with van der Waals surface area (Å²) in [5.74, 6) is 0.701. The highest BCUT2D eigenvalue weighted by molar-refractivity contribution is 5.92. The lowest BCUT2D eigenvalue weighted by molar-refractivity contribution is 0.0595. The molecule has 1 heterocycles. The molecule has 0 aliphatic rings. The maximum absolute atomic E-state index is 11.5. The van der Waals surface area contributed by atoms with Crippen molar-refractivity contribution in [3.8, 4) is 0 Å². The average molecular weight is 254 g/mol. The molecule has 1 aromatic rings. The first-order valence-electron chi connectivity index (χ1n) is 6.01. The van der Waals surface area contributed by atoms with Crippen LogP contribution in [0.3, 0.4) is 0 Å². The van der Waals surface area contributed by atoms with Gasteiger partial charge in [-0.1, -0.05) is 6.92 Å². The topological polar surface area (TPSA) is 73.4 Å². The minimum Gasteiger partial charge on any atom is -0.464 e. The second-order valence-electron chi connectivity index (χ2n) is 4.53. The van der Waals surface area contributed by atoms with E-state index in [1.54, 1.807) is 0 Å². The van der Waals surface area contributed by atoms with Gasteiger partial charge in [0.15, 0.2) is 5.69 Å². The van der Waals surface area contributed by atoms with Crippen LogP contribution in [0.25, 0.3) is 0 Å². The van der Waals surface area contributed by atoms with E-state index < -0.39 is 5.97 Å². The monoisotopic (exact) mass is 254 g/mol. The van der Waals surface area contributed by atoms with E-state index in [0.717, 1.165) is 12.2 Å². The molecule has 6 nitrogen and oxygen atoms in total. The van der Waals surface area contributed by atoms with E-state index in [4.69, 9.17) is 5.73 Å². The number of ether oxygens (including phenoxy) is 1. The number of rotatable bonds is 5. The van der Waals surface area contributed by atoms with Crippen molar-refractivity contribution in [3.05, 3.63) is 11.5 Å². The number of hydrogen-bond donors (Lipinski definition) is 1. The smallest absolute Gasteiger partial charge is 0.360 e. The van der Waals surface area contributed by atoms with Crippen LogP contribution in [0.5, 0.6) is 0 Å². The molecule has 1 atom stereocenters. The van der Waals surface area contributed by atoms with E-state index >= 15 is 0 Å². The molecule has 0 amide bonds. The standard InChI is InChI=1S/C12H22N4O2/c1-6-9-14-10(12(17)18-5)11(13)16(9)7-8(2)15(3)4/h8H,6-7,13H2,1-5H3. The zero-order valence-electron chi connectivity index (χ0n) is 11.7. The van der Waals surface area contributed by atoms with Gasteiger partial charge in [0.1, 0.15) is 11.6 Å². The Labute approximate surface area is 108 Å². The van der Waals surface area contributed by atoms with Gasteiger partial charge in [-0.2, -0.15) is 0 Å². The van der Waals surface area contributed by atoms with Gasteiger partial charge in [-0.05, 0) is 21.0 Å². The largest absolute Gasteiger partial charge is 0.464 e. The summed E-state index contributed by atoms with van der Waals surface area (Å²) >= 11 is 0. The lowest BCUT2D eigenvalue weighted by Gasteiger charge is -2.21. The molecule has 102 valence electrons. The highest BCUT2D eigenvalue weighted by atomic mass is 16.5. The number of carbonyl (C=O) groups is 1. The summed E-state index contributed by atoms with van der Waals surface area (Å²) in [4.78, 5) is 17.9. The summed E-state index contributed by atoms with van der Waals surface area (Å²) in [6.45, 7) is 4.78. The van der Waals surface area contributed by atoms with Crippen LogP contribution in [-0.4, -0.2) is 47.7 Å². The average Bonchev–Trinajstić information content (AvgIpc) is 2.65. The fourth-order valence-corrected chi connectivity index (χ4v) is 1.66. The van der Waals surface area contributed by atoms with Gasteiger partial charge in [-0.25, -0.2) is 9.78 Å². The maximum atomic E-state index is 11.5. The molecular weight excluding hydrogens is 232 g/mol. The number of methoxy groups -OCH3 is 1. The molecule has 1 rings (SSSR count). The molecule has 0 aliphatic carbocycles. The molecule has 2 N–H and O–H groups in total. The Bertz CT molecular complexity index is 426. The number of nitrogen functional groups attached to an aromatic ring is 1. The number of aryl methyl sites for hydroxylation is 1. The van der Waals surface area contributed by atoms with Crippen molar-refractivity contribution in [2.45, 2.75) is 32.9 Å². The van der Waals surface area contributed by atoms with E-state index in [0.29, 0.717) is 18.4 Å². The second kappa shape index (κ2) is 5.86. The van der Waals surface area contributed by atoms with Gasteiger partial charge in [0.2, 0.25) is 0 Å². The highest BCUT2D eigenvalue weighted by Gasteiger charge is 2.21. The summed E-state index contributed by atoms with van der Waals surface area (Å²) < 4.78 is 6.56. The Morgan fingerprint density at radius 2 is 2.17 bits per heavy atom. The Kier molecular flexibility index (Phi) is 4.72. The van der Waals surface area contributed by atoms with Crippen LogP contribution < -0.4 is 5.73 Å². The van der Waals surface area contributed by atoms with Gasteiger partial charge in [-0.3, -0.25) is 0 Å². The molecule has 0 aromatic carbocycles. The molecule has 6 heteroatoms. The van der Waals surface area contributed by atoms with Crippen molar-refractivity contribution in [2.24, 2.45) is 0 Å². The molecule has 0 fully saturated rings. The van der Waals surface area contributed by atoms with Crippen LogP contribution in [0.1, 0.15) is 30.2 Å². The first kappa shape index (κ1) is 14.5. The van der Waals surface area contributed by atoms with Crippen molar-refractivity contribution in [3.63, 3.8) is 0 Å². The van der Waals surface area contributed by atoms with Gasteiger partial charge in [0, 0.05) is 19.0 Å². The van der Waals surface area contributed by atoms with E-state index in [1.807, 2.05) is 25.6 Å². The number of carbonyl (C=O) groups excluding carboxylic acids is 1. The van der Waals surface area contributed by atoms with Crippen LogP contribution >= 0.6 is 0 Å². The normalized spacial score (nSPS) is 12.8. The molecule has 18 heavy (non-hydrogen) atoms. The van der Waals surface area contributed by atoms with E-state index in [2.05, 4.69) is 21.5 Å². The fourth-order valence-electron chi connectivity index (χ4n) is 1.66. The summed E-state index contributed by atoms with van der Waals surface area (Å²) in [6.07, 6.45) is 0.724. The molecule has 1 unspecified atom stereocenters. The van der Waals surface area contributed by atoms with E-state index in [9.17, 15) is 4.79 Å². The summed E-state index contributed by atoms with van der Waals surface area (Å²) in [5.41, 5.74) is 6.19. The molecule has 0 saturated heterocycles. The number of nitrogens with two attached hydrogens (primary N) is 1. The lowest BCUT2D eigenvalue weighted by atomic mass is 10.3. The Morgan fingerprint density at radius 1 is 1.56 bits per heavy atom. The third-order valence-electron chi connectivity index (χ3n) is 3.11. The molecular formula is C12H22N4O2. The molecule has 1 aromatic heterocycles. The van der Waals surface area contributed by atoms with Gasteiger partial charge in [-0.15, -0.1) is 0 Å². The van der Waals surface area contributed by atoms with Crippen molar-refractivity contribution in [2.75, 3.05) is 26.9 Å². The molecule has 0 bridgehead atoms. The van der Waals surface area contributed by atoms with E-state index in [-0.39, 0.29) is 5.69 Å². The number of esters is 1. The molecule has 0 radical (unpaired) electrons. The van der Waals surface area contributed by atoms with Gasteiger partial charge >= 0.3 is 5.97 Å². The van der Waals surface area contributed by atoms with Crippen LogP contribution in [0, 0.1) is 0 Å². The molecule has 0 saturated carbocycles. The Morgan fingerprint density at radius 3 is 2.61 bits per heavy atom. The van der Waals surface area contributed by atoms with Crippen LogP contribution in [0.4, 0.5) is 5.82 Å². The summed E-state index contributed by atoms with van der Waals surface area (Å²) in [6, 6.07) is 0.303. The lowest BCUT2D eigenvalue weighted by Crippen LogP contribution is -2.30. The maximum Gasteiger partial charge on any atom is 0.360 e. The third-order valence-corrected chi connectivity index (χ3v) is 3.11. The first-order valence-corrected chi connectivity index (χ1v) is 6.01. The van der Waals surface area contributed by atoms with Crippen molar-refractivity contribution in [1.82, 2.24) is 14.5 Å². The van der Waals surface area contributed by atoms with Crippen molar-refractivity contribution >= 4 is 11.8 Å². The number of nitrogens with zero attached hydrogens (tertiary/aromatic N) is 3. The second-order valence-corrected chi connectivity index (χ2v) is 4.53.